The normalized spacial score (nSPS) is 14.9. The molecule has 1 fully saturated rings. The maximum atomic E-state index is 6.03. The number of nitrogens with two attached hydrogens (primary N) is 1. The van der Waals surface area contributed by atoms with Crippen molar-refractivity contribution in [2.75, 3.05) is 37.5 Å². The quantitative estimate of drug-likeness (QED) is 0.341. The maximum absolute atomic E-state index is 6.03. The van der Waals surface area contributed by atoms with E-state index in [1.807, 2.05) is 18.2 Å². The molecule has 2 aromatic rings. The highest BCUT2D eigenvalue weighted by atomic mass is 127. The Bertz CT molecular complexity index is 803. The summed E-state index contributed by atoms with van der Waals surface area (Å²) in [4.78, 5) is 6.90. The third-order valence-corrected chi connectivity index (χ3v) is 5.17. The van der Waals surface area contributed by atoms with Crippen LogP contribution in [0.25, 0.3) is 0 Å². The minimum Gasteiger partial charge on any atom is -0.493 e. The average molecular weight is 510 g/mol. The van der Waals surface area contributed by atoms with E-state index in [2.05, 4.69) is 46.4 Å². The first-order valence-corrected chi connectivity index (χ1v) is 9.72. The summed E-state index contributed by atoms with van der Waals surface area (Å²) in [7, 11) is 3.21. The van der Waals surface area contributed by atoms with Crippen LogP contribution in [0.1, 0.15) is 25.3 Å². The van der Waals surface area contributed by atoms with Crippen LogP contribution in [0.5, 0.6) is 11.5 Å². The smallest absolute Gasteiger partial charge is 0.193 e. The van der Waals surface area contributed by atoms with Crippen molar-refractivity contribution in [3.8, 4) is 11.5 Å². The number of aliphatic imine (C=N–C) groups is 1. The molecule has 0 aromatic heterocycles. The Morgan fingerprint density at radius 3 is 2.34 bits per heavy atom. The zero-order chi connectivity index (χ0) is 19.9. The van der Waals surface area contributed by atoms with Crippen LogP contribution in [-0.4, -0.2) is 33.3 Å². The van der Waals surface area contributed by atoms with Crippen molar-refractivity contribution in [2.24, 2.45) is 16.6 Å². The van der Waals surface area contributed by atoms with E-state index in [9.17, 15) is 0 Å². The van der Waals surface area contributed by atoms with Crippen LogP contribution in [-0.2, 0) is 6.54 Å². The molecule has 1 heterocycles. The lowest BCUT2D eigenvalue weighted by Crippen LogP contribution is -2.32. The van der Waals surface area contributed by atoms with Crippen molar-refractivity contribution in [3.05, 3.63) is 48.0 Å². The summed E-state index contributed by atoms with van der Waals surface area (Å²) < 4.78 is 10.5. The van der Waals surface area contributed by atoms with Crippen LogP contribution >= 0.6 is 24.0 Å². The summed E-state index contributed by atoms with van der Waals surface area (Å²) in [5, 5.41) is 3.09. The Labute approximate surface area is 190 Å². The third kappa shape index (κ3) is 6.42. The van der Waals surface area contributed by atoms with E-state index in [0.717, 1.165) is 30.3 Å². The molecule has 3 N–H and O–H groups in total. The molecule has 2 aromatic carbocycles. The number of rotatable bonds is 6. The van der Waals surface area contributed by atoms with Gasteiger partial charge < -0.3 is 25.4 Å². The molecular weight excluding hydrogens is 479 g/mol. The van der Waals surface area contributed by atoms with Crippen molar-refractivity contribution < 1.29 is 9.47 Å². The van der Waals surface area contributed by atoms with E-state index in [0.29, 0.717) is 24.0 Å². The van der Waals surface area contributed by atoms with Gasteiger partial charge in [-0.2, -0.15) is 0 Å². The highest BCUT2D eigenvalue weighted by Gasteiger charge is 2.15. The molecule has 158 valence electrons. The lowest BCUT2D eigenvalue weighted by atomic mass is 9.99. The van der Waals surface area contributed by atoms with E-state index in [1.165, 1.54) is 18.5 Å². The number of methoxy groups -OCH3 is 2. The molecule has 0 saturated carbocycles. The molecule has 1 aliphatic rings. The fourth-order valence-electron chi connectivity index (χ4n) is 3.36. The fourth-order valence-corrected chi connectivity index (χ4v) is 3.36. The first-order chi connectivity index (χ1) is 13.6. The first kappa shape index (κ1) is 23.1. The second kappa shape index (κ2) is 11.1. The van der Waals surface area contributed by atoms with Crippen molar-refractivity contribution >= 4 is 41.3 Å². The van der Waals surface area contributed by atoms with Gasteiger partial charge in [-0.15, -0.1) is 24.0 Å². The SMILES string of the molecule is COc1ccc(NC(N)=NCc2ccc(N3CCC(C)CC3)cc2)cc1OC.I. The molecule has 0 unspecified atom stereocenters. The Morgan fingerprint density at radius 2 is 1.72 bits per heavy atom. The zero-order valence-corrected chi connectivity index (χ0v) is 19.7. The summed E-state index contributed by atoms with van der Waals surface area (Å²) >= 11 is 0. The third-order valence-electron chi connectivity index (χ3n) is 5.17. The number of guanidine groups is 1. The number of nitrogens with zero attached hydrogens (tertiary/aromatic N) is 2. The summed E-state index contributed by atoms with van der Waals surface area (Å²) in [6, 6.07) is 14.1. The lowest BCUT2D eigenvalue weighted by Gasteiger charge is -2.32. The molecule has 0 bridgehead atoms. The lowest BCUT2D eigenvalue weighted by molar-refractivity contribution is 0.355. The Hall–Kier alpha value is -2.16. The molecule has 0 aliphatic carbocycles. The standard InChI is InChI=1S/C22H30N4O2.HI/c1-16-10-12-26(13-11-16)19-7-4-17(5-8-19)15-24-22(23)25-18-6-9-20(27-2)21(14-18)28-3;/h4-9,14,16H,10-13,15H2,1-3H3,(H3,23,24,25);1H. The number of halogens is 1. The van der Waals surface area contributed by atoms with Crippen LogP contribution in [0, 0.1) is 5.92 Å². The molecule has 1 aliphatic heterocycles. The molecule has 0 spiro atoms. The average Bonchev–Trinajstić information content (AvgIpc) is 2.73. The maximum Gasteiger partial charge on any atom is 0.193 e. The Balaban J connectivity index is 0.00000300. The van der Waals surface area contributed by atoms with Gasteiger partial charge in [0.1, 0.15) is 0 Å². The largest absolute Gasteiger partial charge is 0.493 e. The number of benzene rings is 2. The van der Waals surface area contributed by atoms with Gasteiger partial charge in [-0.05, 0) is 48.6 Å². The summed E-state index contributed by atoms with van der Waals surface area (Å²) in [6.45, 7) is 5.14. The molecule has 3 rings (SSSR count). The molecule has 0 amide bonds. The highest BCUT2D eigenvalue weighted by Crippen LogP contribution is 2.29. The van der Waals surface area contributed by atoms with Crippen LogP contribution in [0.2, 0.25) is 0 Å². The van der Waals surface area contributed by atoms with E-state index >= 15 is 0 Å². The number of hydrogen-bond acceptors (Lipinski definition) is 4. The van der Waals surface area contributed by atoms with E-state index in [1.54, 1.807) is 14.2 Å². The van der Waals surface area contributed by atoms with Gasteiger partial charge >= 0.3 is 0 Å². The number of anilines is 2. The van der Waals surface area contributed by atoms with Gasteiger partial charge in [-0.25, -0.2) is 4.99 Å². The minimum atomic E-state index is 0. The first-order valence-electron chi connectivity index (χ1n) is 9.72. The number of piperidine rings is 1. The van der Waals surface area contributed by atoms with Crippen molar-refractivity contribution in [1.29, 1.82) is 0 Å². The van der Waals surface area contributed by atoms with Gasteiger partial charge in [-0.3, -0.25) is 0 Å². The van der Waals surface area contributed by atoms with Crippen molar-refractivity contribution in [3.63, 3.8) is 0 Å². The van der Waals surface area contributed by atoms with E-state index in [4.69, 9.17) is 15.2 Å². The van der Waals surface area contributed by atoms with Gasteiger partial charge in [0.15, 0.2) is 17.5 Å². The molecular formula is C22H31IN4O2. The molecule has 6 nitrogen and oxygen atoms in total. The van der Waals surface area contributed by atoms with Gasteiger partial charge in [-0.1, -0.05) is 19.1 Å². The van der Waals surface area contributed by atoms with Gasteiger partial charge in [0.25, 0.3) is 0 Å². The fraction of sp³-hybridized carbons (Fsp3) is 0.409. The zero-order valence-electron chi connectivity index (χ0n) is 17.4. The topological polar surface area (TPSA) is 72.1 Å². The van der Waals surface area contributed by atoms with Gasteiger partial charge in [0.05, 0.1) is 20.8 Å². The van der Waals surface area contributed by atoms with Crippen molar-refractivity contribution in [2.45, 2.75) is 26.3 Å². The summed E-state index contributed by atoms with van der Waals surface area (Å²) in [5.74, 6) is 2.52. The molecule has 0 atom stereocenters. The van der Waals surface area contributed by atoms with Gasteiger partial charge in [0.2, 0.25) is 0 Å². The van der Waals surface area contributed by atoms with E-state index < -0.39 is 0 Å². The predicted octanol–water partition coefficient (Wildman–Crippen LogP) is 4.48. The number of nitrogens with one attached hydrogen (secondary N) is 1. The Morgan fingerprint density at radius 1 is 1.07 bits per heavy atom. The Kier molecular flexibility index (Phi) is 8.88. The van der Waals surface area contributed by atoms with Crippen LogP contribution in [0.3, 0.4) is 0 Å². The van der Waals surface area contributed by atoms with Crippen LogP contribution in [0.4, 0.5) is 11.4 Å². The van der Waals surface area contributed by atoms with E-state index in [-0.39, 0.29) is 24.0 Å². The second-order valence-corrected chi connectivity index (χ2v) is 7.23. The number of ether oxygens (including phenoxy) is 2. The minimum absolute atomic E-state index is 0. The predicted molar refractivity (Wildman–Crippen MR) is 131 cm³/mol. The second-order valence-electron chi connectivity index (χ2n) is 7.23. The van der Waals surface area contributed by atoms with Crippen LogP contribution < -0.4 is 25.4 Å². The molecule has 0 radical (unpaired) electrons. The van der Waals surface area contributed by atoms with Crippen LogP contribution in [0.15, 0.2) is 47.5 Å². The van der Waals surface area contributed by atoms with Gasteiger partial charge in [0, 0.05) is 30.5 Å². The monoisotopic (exact) mass is 510 g/mol. The molecule has 1 saturated heterocycles. The highest BCUT2D eigenvalue weighted by molar-refractivity contribution is 14.0. The molecule has 7 heteroatoms. The summed E-state index contributed by atoms with van der Waals surface area (Å²) in [5.41, 5.74) is 9.25. The van der Waals surface area contributed by atoms with Crippen molar-refractivity contribution in [1.82, 2.24) is 0 Å². The summed E-state index contributed by atoms with van der Waals surface area (Å²) in [6.07, 6.45) is 2.54. The molecule has 29 heavy (non-hydrogen) atoms. The number of hydrogen-bond donors (Lipinski definition) is 2.